The van der Waals surface area contributed by atoms with Gasteiger partial charge in [-0.1, -0.05) is 72.8 Å². The van der Waals surface area contributed by atoms with Gasteiger partial charge in [0, 0.05) is 9.79 Å². The molecule has 2 atom stereocenters. The largest absolute Gasteiger partial charge is 0.398 e. The van der Waals surface area contributed by atoms with E-state index < -0.39 is 0 Å². The molecule has 29 heavy (non-hydrogen) atoms. The SMILES string of the molecule is Cc1c(N)c(SC2C=Cc3ccccc32)cc(SC2C=Cc3ccccc32)c1N. The highest BCUT2D eigenvalue weighted by Crippen LogP contribution is 2.50. The van der Waals surface area contributed by atoms with Crippen molar-refractivity contribution < 1.29 is 0 Å². The number of benzene rings is 3. The molecule has 0 saturated carbocycles. The highest BCUT2D eigenvalue weighted by molar-refractivity contribution is 8.00. The van der Waals surface area contributed by atoms with Crippen LogP contribution in [0.5, 0.6) is 0 Å². The zero-order chi connectivity index (χ0) is 20.0. The monoisotopic (exact) mass is 414 g/mol. The quantitative estimate of drug-likeness (QED) is 0.457. The number of hydrogen-bond donors (Lipinski definition) is 2. The van der Waals surface area contributed by atoms with Gasteiger partial charge in [0.2, 0.25) is 0 Å². The molecule has 0 saturated heterocycles. The molecule has 2 aliphatic rings. The molecule has 5 rings (SSSR count). The first kappa shape index (κ1) is 18.5. The van der Waals surface area contributed by atoms with Crippen LogP contribution < -0.4 is 11.5 Å². The van der Waals surface area contributed by atoms with Crippen LogP contribution in [-0.2, 0) is 0 Å². The second-order valence-corrected chi connectivity index (χ2v) is 9.74. The van der Waals surface area contributed by atoms with Crippen LogP contribution in [0.25, 0.3) is 12.2 Å². The Balaban J connectivity index is 1.47. The van der Waals surface area contributed by atoms with E-state index >= 15 is 0 Å². The van der Waals surface area contributed by atoms with E-state index in [9.17, 15) is 0 Å². The molecule has 2 unspecified atom stereocenters. The third-order valence-corrected chi connectivity index (χ3v) is 8.13. The number of nitrogen functional groups attached to an aromatic ring is 2. The summed E-state index contributed by atoms with van der Waals surface area (Å²) in [4.78, 5) is 2.20. The van der Waals surface area contributed by atoms with Gasteiger partial charge in [-0.05, 0) is 40.8 Å². The summed E-state index contributed by atoms with van der Waals surface area (Å²) in [6.45, 7) is 2.02. The van der Waals surface area contributed by atoms with Crippen LogP contribution in [0.15, 0.2) is 76.5 Å². The van der Waals surface area contributed by atoms with E-state index in [4.69, 9.17) is 11.5 Å². The van der Waals surface area contributed by atoms with Crippen molar-refractivity contribution in [2.45, 2.75) is 27.2 Å². The van der Waals surface area contributed by atoms with Crippen molar-refractivity contribution in [3.8, 4) is 0 Å². The van der Waals surface area contributed by atoms with Gasteiger partial charge in [0.15, 0.2) is 0 Å². The van der Waals surface area contributed by atoms with E-state index in [0.29, 0.717) is 0 Å². The van der Waals surface area contributed by atoms with Gasteiger partial charge in [-0.3, -0.25) is 0 Å². The molecule has 0 fully saturated rings. The summed E-state index contributed by atoms with van der Waals surface area (Å²) in [5.74, 6) is 0. The molecule has 0 amide bonds. The highest BCUT2D eigenvalue weighted by atomic mass is 32.2. The Labute approximate surface area is 180 Å². The van der Waals surface area contributed by atoms with Crippen LogP contribution >= 0.6 is 23.5 Å². The Morgan fingerprint density at radius 3 is 1.62 bits per heavy atom. The zero-order valence-electron chi connectivity index (χ0n) is 16.1. The molecule has 0 aliphatic heterocycles. The molecule has 2 aliphatic carbocycles. The Morgan fingerprint density at radius 1 is 0.690 bits per heavy atom. The second-order valence-electron chi connectivity index (χ2n) is 7.38. The average molecular weight is 415 g/mol. The molecule has 0 spiro atoms. The van der Waals surface area contributed by atoms with Crippen molar-refractivity contribution in [2.75, 3.05) is 11.5 Å². The molecule has 3 aromatic carbocycles. The van der Waals surface area contributed by atoms with Gasteiger partial charge in [0.05, 0.1) is 21.9 Å². The predicted octanol–water partition coefficient (Wildman–Crippen LogP) is 6.88. The number of anilines is 2. The van der Waals surface area contributed by atoms with Crippen molar-refractivity contribution in [1.29, 1.82) is 0 Å². The smallest absolute Gasteiger partial charge is 0.0534 e. The van der Waals surface area contributed by atoms with E-state index in [2.05, 4.69) is 78.9 Å². The summed E-state index contributed by atoms with van der Waals surface area (Å²) >= 11 is 3.60. The lowest BCUT2D eigenvalue weighted by Gasteiger charge is -2.19. The van der Waals surface area contributed by atoms with Crippen molar-refractivity contribution in [1.82, 2.24) is 0 Å². The van der Waals surface area contributed by atoms with E-state index in [1.165, 1.54) is 22.3 Å². The number of nitrogens with two attached hydrogens (primary N) is 2. The van der Waals surface area contributed by atoms with Crippen LogP contribution in [0, 0.1) is 6.92 Å². The molecule has 144 valence electrons. The van der Waals surface area contributed by atoms with Gasteiger partial charge < -0.3 is 11.5 Å². The van der Waals surface area contributed by atoms with Gasteiger partial charge in [0.25, 0.3) is 0 Å². The van der Waals surface area contributed by atoms with Gasteiger partial charge in [0.1, 0.15) is 0 Å². The minimum atomic E-state index is 0.279. The summed E-state index contributed by atoms with van der Waals surface area (Å²) in [5, 5.41) is 0.558. The van der Waals surface area contributed by atoms with Crippen LogP contribution in [0.3, 0.4) is 0 Å². The summed E-state index contributed by atoms with van der Waals surface area (Å²) < 4.78 is 0. The highest BCUT2D eigenvalue weighted by Gasteiger charge is 2.23. The number of fused-ring (bicyclic) bond motifs is 2. The van der Waals surface area contributed by atoms with Gasteiger partial charge in [-0.25, -0.2) is 0 Å². The van der Waals surface area contributed by atoms with E-state index in [0.717, 1.165) is 26.7 Å². The maximum atomic E-state index is 6.49. The standard InChI is InChI=1S/C25H22N2S2/c1-15-24(26)22(28-20-12-10-16-6-2-4-8-18(16)20)14-23(25(15)27)29-21-13-11-17-7-3-5-9-19(17)21/h2-14,20-21H,26-27H2,1H3. The number of rotatable bonds is 4. The first-order valence-electron chi connectivity index (χ1n) is 9.68. The maximum Gasteiger partial charge on any atom is 0.0534 e. The third kappa shape index (κ3) is 3.26. The van der Waals surface area contributed by atoms with Gasteiger partial charge >= 0.3 is 0 Å². The summed E-state index contributed by atoms with van der Waals surface area (Å²) in [6.07, 6.45) is 8.90. The average Bonchev–Trinajstić information content (AvgIpc) is 3.34. The molecule has 0 heterocycles. The van der Waals surface area contributed by atoms with Crippen LogP contribution in [-0.4, -0.2) is 0 Å². The van der Waals surface area contributed by atoms with Crippen LogP contribution in [0.2, 0.25) is 0 Å². The first-order chi connectivity index (χ1) is 14.1. The van der Waals surface area contributed by atoms with Crippen molar-refractivity contribution in [3.63, 3.8) is 0 Å². The minimum Gasteiger partial charge on any atom is -0.398 e. The fourth-order valence-electron chi connectivity index (χ4n) is 3.90. The lowest BCUT2D eigenvalue weighted by molar-refractivity contribution is 1.21. The lowest BCUT2D eigenvalue weighted by atomic mass is 10.1. The molecular weight excluding hydrogens is 392 g/mol. The molecule has 0 bridgehead atoms. The fraction of sp³-hybridized carbons (Fsp3) is 0.120. The van der Waals surface area contributed by atoms with Gasteiger partial charge in [-0.2, -0.15) is 0 Å². The molecule has 3 aromatic rings. The molecule has 4 N–H and O–H groups in total. The Bertz CT molecular complexity index is 1080. The fourth-order valence-corrected chi connectivity index (χ4v) is 6.45. The molecule has 4 heteroatoms. The minimum absolute atomic E-state index is 0.279. The van der Waals surface area contributed by atoms with E-state index in [1.54, 1.807) is 23.5 Å². The first-order valence-corrected chi connectivity index (χ1v) is 11.4. The van der Waals surface area contributed by atoms with Gasteiger partial charge in [-0.15, -0.1) is 23.5 Å². The predicted molar refractivity (Wildman–Crippen MR) is 128 cm³/mol. The van der Waals surface area contributed by atoms with E-state index in [-0.39, 0.29) is 10.5 Å². The molecular formula is C25H22N2S2. The third-order valence-electron chi connectivity index (χ3n) is 5.62. The second kappa shape index (κ2) is 7.36. The normalized spacial score (nSPS) is 18.8. The van der Waals surface area contributed by atoms with E-state index in [1.807, 2.05) is 6.92 Å². The molecule has 0 aromatic heterocycles. The number of thioether (sulfide) groups is 2. The Hall–Kier alpha value is -2.56. The Kier molecular flexibility index (Phi) is 4.69. The Morgan fingerprint density at radius 2 is 1.14 bits per heavy atom. The zero-order valence-corrected chi connectivity index (χ0v) is 17.8. The summed E-state index contributed by atoms with van der Waals surface area (Å²) in [7, 11) is 0. The van der Waals surface area contributed by atoms with Crippen LogP contribution in [0.1, 0.15) is 38.3 Å². The topological polar surface area (TPSA) is 52.0 Å². The lowest BCUT2D eigenvalue weighted by Crippen LogP contribution is -2.02. The number of hydrogen-bond acceptors (Lipinski definition) is 4. The maximum absolute atomic E-state index is 6.49. The molecule has 0 radical (unpaired) electrons. The molecule has 2 nitrogen and oxygen atoms in total. The summed E-state index contributed by atoms with van der Waals surface area (Å²) in [5.41, 5.74) is 20.8. The van der Waals surface area contributed by atoms with Crippen molar-refractivity contribution >= 4 is 47.1 Å². The van der Waals surface area contributed by atoms with Crippen molar-refractivity contribution in [2.24, 2.45) is 0 Å². The van der Waals surface area contributed by atoms with Crippen molar-refractivity contribution in [3.05, 3.63) is 94.6 Å². The summed E-state index contributed by atoms with van der Waals surface area (Å²) in [6, 6.07) is 19.3. The van der Waals surface area contributed by atoms with Crippen LogP contribution in [0.4, 0.5) is 11.4 Å².